The Morgan fingerprint density at radius 2 is 2.11 bits per heavy atom. The van der Waals surface area contributed by atoms with Crippen LogP contribution < -0.4 is 10.5 Å². The van der Waals surface area contributed by atoms with Crippen LogP contribution in [-0.4, -0.2) is 35.5 Å². The molecule has 0 amide bonds. The first kappa shape index (κ1) is 13.9. The minimum absolute atomic E-state index is 0.0280. The third kappa shape index (κ3) is 2.73. The molecule has 1 aliphatic carbocycles. The zero-order valence-corrected chi connectivity index (χ0v) is 12.4. The van der Waals surface area contributed by atoms with E-state index in [1.54, 1.807) is 0 Å². The van der Waals surface area contributed by atoms with Gasteiger partial charge in [0.15, 0.2) is 4.60 Å². The monoisotopic (exact) mass is 337 g/mol. The molecule has 0 aliphatic heterocycles. The summed E-state index contributed by atoms with van der Waals surface area (Å²) in [6, 6.07) is -0.348. The lowest BCUT2D eigenvalue weighted by molar-refractivity contribution is 0.360. The largest absolute Gasteiger partial charge is 0.326 e. The number of nitrogens with two attached hydrogens (primary N) is 1. The lowest BCUT2D eigenvalue weighted by atomic mass is 9.92. The first-order valence-corrected chi connectivity index (χ1v) is 8.02. The lowest BCUT2D eigenvalue weighted by Crippen LogP contribution is -2.49. The summed E-state index contributed by atoms with van der Waals surface area (Å²) < 4.78 is 28.6. The summed E-state index contributed by atoms with van der Waals surface area (Å²) in [6.45, 7) is 0. The average Bonchev–Trinajstić information content (AvgIpc) is 2.62. The molecule has 1 aliphatic rings. The van der Waals surface area contributed by atoms with Gasteiger partial charge in [0.1, 0.15) is 0 Å². The van der Waals surface area contributed by atoms with Crippen molar-refractivity contribution in [3.8, 4) is 0 Å². The number of nitrogens with zero attached hydrogens (tertiary/aromatic N) is 3. The smallest absolute Gasteiger partial charge is 0.260 e. The van der Waals surface area contributed by atoms with E-state index in [0.717, 1.165) is 25.7 Å². The van der Waals surface area contributed by atoms with Crippen LogP contribution in [0.1, 0.15) is 25.7 Å². The Morgan fingerprint density at radius 1 is 1.44 bits per heavy atom. The molecule has 3 N–H and O–H groups in total. The fourth-order valence-electron chi connectivity index (χ4n) is 2.17. The van der Waals surface area contributed by atoms with Crippen LogP contribution in [0.15, 0.2) is 9.63 Å². The van der Waals surface area contributed by atoms with Crippen molar-refractivity contribution >= 4 is 26.0 Å². The van der Waals surface area contributed by atoms with Gasteiger partial charge in [0, 0.05) is 19.1 Å². The molecule has 2 rings (SSSR count). The first-order valence-electron chi connectivity index (χ1n) is 5.75. The molecule has 0 unspecified atom stereocenters. The summed E-state index contributed by atoms with van der Waals surface area (Å²) in [4.78, 5) is 0. The van der Waals surface area contributed by atoms with Crippen molar-refractivity contribution in [3.63, 3.8) is 0 Å². The number of hydrogen-bond acceptors (Lipinski definition) is 5. The van der Waals surface area contributed by atoms with Crippen molar-refractivity contribution in [2.24, 2.45) is 12.8 Å². The SMILES string of the molecule is Cn1nnc(Br)c1S(=O)(=O)N[C@@H]1CCCC[C@H]1N. The molecule has 1 aromatic rings. The Kier molecular flexibility index (Phi) is 4.05. The Hall–Kier alpha value is -0.510. The second-order valence-corrected chi connectivity index (χ2v) is 6.87. The van der Waals surface area contributed by atoms with E-state index in [4.69, 9.17) is 5.73 Å². The van der Waals surface area contributed by atoms with E-state index in [9.17, 15) is 8.42 Å². The van der Waals surface area contributed by atoms with Gasteiger partial charge in [-0.1, -0.05) is 18.1 Å². The number of rotatable bonds is 3. The number of nitrogens with one attached hydrogen (secondary N) is 1. The molecule has 0 bridgehead atoms. The zero-order valence-electron chi connectivity index (χ0n) is 10.0. The summed E-state index contributed by atoms with van der Waals surface area (Å²) in [6.07, 6.45) is 3.66. The summed E-state index contributed by atoms with van der Waals surface area (Å²) >= 11 is 3.09. The second kappa shape index (κ2) is 5.24. The van der Waals surface area contributed by atoms with Crippen molar-refractivity contribution in [3.05, 3.63) is 4.60 Å². The Balaban J connectivity index is 2.22. The maximum Gasteiger partial charge on any atom is 0.260 e. The van der Waals surface area contributed by atoms with Crippen LogP contribution in [0.2, 0.25) is 0 Å². The van der Waals surface area contributed by atoms with Crippen LogP contribution in [0.5, 0.6) is 0 Å². The van der Waals surface area contributed by atoms with E-state index in [0.29, 0.717) is 0 Å². The standard InChI is InChI=1S/C9H16BrN5O2S/c1-15-9(8(10)12-14-15)18(16,17)13-7-5-3-2-4-6(7)11/h6-7,13H,2-5,11H2,1H3/t6-,7-/m1/s1. The van der Waals surface area contributed by atoms with Crippen molar-refractivity contribution < 1.29 is 8.42 Å². The highest BCUT2D eigenvalue weighted by molar-refractivity contribution is 9.10. The minimum atomic E-state index is -3.65. The van der Waals surface area contributed by atoms with Gasteiger partial charge in [-0.2, -0.15) is 0 Å². The summed E-state index contributed by atoms with van der Waals surface area (Å²) in [5.74, 6) is 0. The fourth-order valence-corrected chi connectivity index (χ4v) is 4.59. The van der Waals surface area contributed by atoms with E-state index >= 15 is 0 Å². The number of aromatic nitrogens is 3. The zero-order chi connectivity index (χ0) is 13.3. The Morgan fingerprint density at radius 3 is 2.67 bits per heavy atom. The van der Waals surface area contributed by atoms with Gasteiger partial charge < -0.3 is 5.73 Å². The molecule has 9 heteroatoms. The van der Waals surface area contributed by atoms with E-state index in [-0.39, 0.29) is 21.7 Å². The third-order valence-electron chi connectivity index (χ3n) is 3.12. The van der Waals surface area contributed by atoms with E-state index < -0.39 is 10.0 Å². The number of halogens is 1. The molecule has 0 aromatic carbocycles. The van der Waals surface area contributed by atoms with Crippen LogP contribution in [0, 0.1) is 0 Å². The normalized spacial score (nSPS) is 25.3. The molecule has 0 saturated heterocycles. The Bertz CT molecular complexity index is 510. The first-order chi connectivity index (χ1) is 8.42. The molecular formula is C9H16BrN5O2S. The molecular weight excluding hydrogens is 322 g/mol. The summed E-state index contributed by atoms with van der Waals surface area (Å²) in [7, 11) is -2.11. The maximum atomic E-state index is 12.3. The number of aryl methyl sites for hydroxylation is 1. The average molecular weight is 338 g/mol. The molecule has 1 fully saturated rings. The van der Waals surface area contributed by atoms with Crippen molar-refractivity contribution in [2.75, 3.05) is 0 Å². The van der Waals surface area contributed by atoms with E-state index in [1.165, 1.54) is 11.7 Å². The van der Waals surface area contributed by atoms with Gasteiger partial charge in [0.2, 0.25) is 5.03 Å². The molecule has 0 radical (unpaired) electrons. The molecule has 1 saturated carbocycles. The predicted octanol–water partition coefficient (Wildman–Crippen LogP) is 0.126. The third-order valence-corrected chi connectivity index (χ3v) is 5.49. The topological polar surface area (TPSA) is 103 Å². The van der Waals surface area contributed by atoms with Crippen molar-refractivity contribution in [1.29, 1.82) is 0 Å². The molecule has 102 valence electrons. The van der Waals surface area contributed by atoms with Gasteiger partial charge in [-0.15, -0.1) is 5.10 Å². The highest BCUT2D eigenvalue weighted by atomic mass is 79.9. The lowest BCUT2D eigenvalue weighted by Gasteiger charge is -2.28. The minimum Gasteiger partial charge on any atom is -0.326 e. The van der Waals surface area contributed by atoms with Crippen molar-refractivity contribution in [2.45, 2.75) is 42.8 Å². The van der Waals surface area contributed by atoms with Gasteiger partial charge in [-0.3, -0.25) is 0 Å². The van der Waals surface area contributed by atoms with Crippen LogP contribution in [0.4, 0.5) is 0 Å². The molecule has 7 nitrogen and oxygen atoms in total. The van der Waals surface area contributed by atoms with Gasteiger partial charge in [-0.25, -0.2) is 17.8 Å². The Labute approximate surface area is 114 Å². The van der Waals surface area contributed by atoms with E-state index in [1.807, 2.05) is 0 Å². The van der Waals surface area contributed by atoms with Gasteiger partial charge in [-0.05, 0) is 28.8 Å². The maximum absolute atomic E-state index is 12.3. The summed E-state index contributed by atoms with van der Waals surface area (Å²) in [5.41, 5.74) is 5.94. The van der Waals surface area contributed by atoms with Gasteiger partial charge in [0.25, 0.3) is 10.0 Å². The molecule has 0 spiro atoms. The number of hydrogen-bond donors (Lipinski definition) is 2. The predicted molar refractivity (Wildman–Crippen MR) is 69.3 cm³/mol. The fraction of sp³-hybridized carbons (Fsp3) is 0.778. The summed E-state index contributed by atoms with van der Waals surface area (Å²) in [5, 5.41) is 7.37. The number of sulfonamides is 1. The van der Waals surface area contributed by atoms with E-state index in [2.05, 4.69) is 31.0 Å². The van der Waals surface area contributed by atoms with Gasteiger partial charge >= 0.3 is 0 Å². The highest BCUT2D eigenvalue weighted by Crippen LogP contribution is 2.22. The highest BCUT2D eigenvalue weighted by Gasteiger charge is 2.30. The molecule has 1 aromatic heterocycles. The van der Waals surface area contributed by atoms with Crippen LogP contribution in [0.25, 0.3) is 0 Å². The van der Waals surface area contributed by atoms with Gasteiger partial charge in [0.05, 0.1) is 0 Å². The van der Waals surface area contributed by atoms with Crippen LogP contribution in [0.3, 0.4) is 0 Å². The molecule has 18 heavy (non-hydrogen) atoms. The second-order valence-electron chi connectivity index (χ2n) is 4.49. The van der Waals surface area contributed by atoms with Crippen LogP contribution in [-0.2, 0) is 17.1 Å². The van der Waals surface area contributed by atoms with Crippen molar-refractivity contribution in [1.82, 2.24) is 19.7 Å². The van der Waals surface area contributed by atoms with Crippen LogP contribution >= 0.6 is 15.9 Å². The molecule has 2 atom stereocenters. The quantitative estimate of drug-likeness (QED) is 0.815. The molecule has 1 heterocycles.